The summed E-state index contributed by atoms with van der Waals surface area (Å²) in [6.45, 7) is 1.06. The minimum Gasteiger partial charge on any atom is -0.341 e. The van der Waals surface area contributed by atoms with Gasteiger partial charge in [-0.25, -0.2) is 0 Å². The van der Waals surface area contributed by atoms with Crippen LogP contribution >= 0.6 is 23.2 Å². The number of ether oxygens (including phenoxy) is 1. The first-order valence-corrected chi connectivity index (χ1v) is 4.07. The van der Waals surface area contributed by atoms with Gasteiger partial charge in [-0.3, -0.25) is 4.79 Å². The third-order valence-corrected chi connectivity index (χ3v) is 2.06. The number of hydrogen-bond acceptors (Lipinski definition) is 2. The van der Waals surface area contributed by atoms with Crippen LogP contribution in [0.5, 0.6) is 0 Å². The second-order valence-electron chi connectivity index (χ2n) is 2.45. The number of carbonyl (C=O) groups excluding carboxylic acids is 1. The van der Waals surface area contributed by atoms with E-state index in [1.54, 1.807) is 7.05 Å². The van der Waals surface area contributed by atoms with E-state index in [1.165, 1.54) is 4.90 Å². The van der Waals surface area contributed by atoms with Gasteiger partial charge in [0.15, 0.2) is 0 Å². The summed E-state index contributed by atoms with van der Waals surface area (Å²) in [6.07, 6.45) is 0.767. The Balaban J connectivity index is 2.73. The average Bonchev–Trinajstić information content (AvgIpc) is 2.03. The molecule has 0 unspecified atom stereocenters. The lowest BCUT2D eigenvalue weighted by Crippen LogP contribution is -2.39. The first-order valence-electron chi connectivity index (χ1n) is 3.31. The molecule has 0 bridgehead atoms. The van der Waals surface area contributed by atoms with E-state index < -0.39 is 10.4 Å². The molecule has 5 heteroatoms. The van der Waals surface area contributed by atoms with Gasteiger partial charge in [0, 0.05) is 13.6 Å². The Bertz CT molecular complexity index is 172. The van der Waals surface area contributed by atoms with E-state index in [2.05, 4.69) is 0 Å². The fraction of sp³-hybridized carbons (Fsp3) is 0.833. The van der Waals surface area contributed by atoms with Crippen molar-refractivity contribution in [2.45, 2.75) is 10.9 Å². The largest absolute Gasteiger partial charge is 0.341 e. The van der Waals surface area contributed by atoms with Crippen molar-refractivity contribution < 1.29 is 9.53 Å². The molecule has 1 fully saturated rings. The monoisotopic (exact) mass is 197 g/mol. The minimum absolute atomic E-state index is 0.390. The summed E-state index contributed by atoms with van der Waals surface area (Å²) in [5.41, 5.74) is 0. The van der Waals surface area contributed by atoms with Gasteiger partial charge in [-0.15, -0.1) is 0 Å². The van der Waals surface area contributed by atoms with Crippen LogP contribution in [0.1, 0.15) is 6.42 Å². The third-order valence-electron chi connectivity index (χ3n) is 1.52. The first-order chi connectivity index (χ1) is 5.04. The van der Waals surface area contributed by atoms with Crippen LogP contribution in [0.15, 0.2) is 0 Å². The maximum absolute atomic E-state index is 11.2. The van der Waals surface area contributed by atoms with Crippen LogP contribution in [-0.2, 0) is 9.53 Å². The Morgan fingerprint density at radius 2 is 2.27 bits per heavy atom. The lowest BCUT2D eigenvalue weighted by molar-refractivity contribution is -0.137. The van der Waals surface area contributed by atoms with Crippen molar-refractivity contribution >= 4 is 29.1 Å². The van der Waals surface area contributed by atoms with Gasteiger partial charge in [0.1, 0.15) is 0 Å². The molecule has 1 aliphatic heterocycles. The smallest absolute Gasteiger partial charge is 0.298 e. The highest BCUT2D eigenvalue weighted by Gasteiger charge is 2.38. The lowest BCUT2D eigenvalue weighted by atomic mass is 10.4. The predicted molar refractivity (Wildman–Crippen MR) is 42.6 cm³/mol. The summed E-state index contributed by atoms with van der Waals surface area (Å²) in [5, 5.41) is 0. The Kier molecular flexibility index (Phi) is 2.62. The topological polar surface area (TPSA) is 29.5 Å². The zero-order valence-corrected chi connectivity index (χ0v) is 7.65. The van der Waals surface area contributed by atoms with Crippen LogP contribution < -0.4 is 0 Å². The highest BCUT2D eigenvalue weighted by Crippen LogP contribution is 2.27. The van der Waals surface area contributed by atoms with Crippen molar-refractivity contribution in [1.29, 1.82) is 0 Å². The normalized spacial score (nSPS) is 25.0. The van der Waals surface area contributed by atoms with Crippen LogP contribution in [0.3, 0.4) is 0 Å². The highest BCUT2D eigenvalue weighted by molar-refractivity contribution is 6.56. The summed E-state index contributed by atoms with van der Waals surface area (Å²) < 4.78 is 3.24. The molecular formula is C6H9Cl2NO2. The molecule has 1 aliphatic rings. The summed E-state index contributed by atoms with van der Waals surface area (Å²) in [4.78, 5) is 12.7. The summed E-state index contributed by atoms with van der Waals surface area (Å²) in [7, 11) is 1.65. The van der Waals surface area contributed by atoms with Gasteiger partial charge in [-0.2, -0.15) is 0 Å². The quantitative estimate of drug-likeness (QED) is 0.543. The number of rotatable bonds is 0. The molecule has 0 atom stereocenters. The standard InChI is InChI=1S/C6H9Cl2NO2/c1-9-3-2-4-11-6(7,8)5(9)10/h2-4H2,1H3. The first kappa shape index (κ1) is 9.10. The van der Waals surface area contributed by atoms with Crippen molar-refractivity contribution in [2.24, 2.45) is 0 Å². The number of nitrogens with zero attached hydrogens (tertiary/aromatic N) is 1. The highest BCUT2D eigenvalue weighted by atomic mass is 35.5. The summed E-state index contributed by atoms with van der Waals surface area (Å²) >= 11 is 11.1. The Morgan fingerprint density at radius 1 is 1.64 bits per heavy atom. The number of carbonyl (C=O) groups is 1. The SMILES string of the molecule is CN1CCCOC(Cl)(Cl)C1=O. The van der Waals surface area contributed by atoms with Crippen molar-refractivity contribution in [2.75, 3.05) is 20.2 Å². The molecule has 1 amide bonds. The molecule has 0 aromatic heterocycles. The number of likely N-dealkylation sites (N-methyl/N-ethyl adjacent to an activating group) is 1. The van der Waals surface area contributed by atoms with E-state index in [1.807, 2.05) is 0 Å². The molecule has 0 N–H and O–H groups in total. The molecule has 0 aliphatic carbocycles. The third kappa shape index (κ3) is 1.98. The number of hydrogen-bond donors (Lipinski definition) is 0. The Hall–Kier alpha value is 0.01000. The second-order valence-corrected chi connectivity index (χ2v) is 3.70. The second kappa shape index (κ2) is 3.17. The predicted octanol–water partition coefficient (Wildman–Crippen LogP) is 0.996. The average molecular weight is 198 g/mol. The molecule has 1 saturated heterocycles. The summed E-state index contributed by atoms with van der Waals surface area (Å²) in [5.74, 6) is -0.390. The van der Waals surface area contributed by atoms with Gasteiger partial charge in [-0.1, -0.05) is 23.2 Å². The molecule has 0 radical (unpaired) electrons. The minimum atomic E-state index is -1.68. The molecule has 0 saturated carbocycles. The van der Waals surface area contributed by atoms with Crippen LogP contribution in [0.4, 0.5) is 0 Å². The van der Waals surface area contributed by atoms with Crippen molar-refractivity contribution in [3.8, 4) is 0 Å². The fourth-order valence-corrected chi connectivity index (χ4v) is 1.33. The number of amides is 1. The zero-order valence-electron chi connectivity index (χ0n) is 6.14. The van der Waals surface area contributed by atoms with Crippen LogP contribution in [0, 0.1) is 0 Å². The maximum atomic E-state index is 11.2. The van der Waals surface area contributed by atoms with Gasteiger partial charge >= 0.3 is 0 Å². The van der Waals surface area contributed by atoms with Crippen molar-refractivity contribution in [3.05, 3.63) is 0 Å². The van der Waals surface area contributed by atoms with Crippen LogP contribution in [0.25, 0.3) is 0 Å². The molecule has 1 rings (SSSR count). The molecule has 64 valence electrons. The van der Waals surface area contributed by atoms with E-state index in [0.29, 0.717) is 13.2 Å². The van der Waals surface area contributed by atoms with E-state index in [4.69, 9.17) is 27.9 Å². The van der Waals surface area contributed by atoms with E-state index in [0.717, 1.165) is 6.42 Å². The van der Waals surface area contributed by atoms with Gasteiger partial charge in [0.05, 0.1) is 6.61 Å². The van der Waals surface area contributed by atoms with Gasteiger partial charge in [0.2, 0.25) is 0 Å². The van der Waals surface area contributed by atoms with Gasteiger partial charge < -0.3 is 9.64 Å². The van der Waals surface area contributed by atoms with Gasteiger partial charge in [-0.05, 0) is 6.42 Å². The molecule has 1 heterocycles. The molecule has 3 nitrogen and oxygen atoms in total. The Labute approximate surface area is 75.2 Å². The van der Waals surface area contributed by atoms with Crippen molar-refractivity contribution in [3.63, 3.8) is 0 Å². The van der Waals surface area contributed by atoms with Gasteiger partial charge in [0.25, 0.3) is 10.4 Å². The molecular weight excluding hydrogens is 189 g/mol. The molecule has 11 heavy (non-hydrogen) atoms. The van der Waals surface area contributed by atoms with Crippen molar-refractivity contribution in [1.82, 2.24) is 4.90 Å². The lowest BCUT2D eigenvalue weighted by Gasteiger charge is -2.20. The van der Waals surface area contributed by atoms with E-state index >= 15 is 0 Å². The maximum Gasteiger partial charge on any atom is 0.298 e. The summed E-state index contributed by atoms with van der Waals surface area (Å²) in [6, 6.07) is 0. The molecule has 0 aromatic carbocycles. The Morgan fingerprint density at radius 3 is 2.91 bits per heavy atom. The fourth-order valence-electron chi connectivity index (χ4n) is 0.888. The molecule has 0 spiro atoms. The van der Waals surface area contributed by atoms with E-state index in [9.17, 15) is 4.79 Å². The van der Waals surface area contributed by atoms with Crippen LogP contribution in [-0.4, -0.2) is 35.5 Å². The number of halogens is 2. The van der Waals surface area contributed by atoms with E-state index in [-0.39, 0.29) is 0 Å². The molecule has 0 aromatic rings. The zero-order chi connectivity index (χ0) is 8.48. The number of alkyl halides is 2. The van der Waals surface area contributed by atoms with Crippen LogP contribution in [0.2, 0.25) is 0 Å².